The van der Waals surface area contributed by atoms with Crippen LogP contribution in [0.4, 0.5) is 16.2 Å². The molecule has 0 radical (unpaired) electrons. The summed E-state index contributed by atoms with van der Waals surface area (Å²) < 4.78 is 54.0. The van der Waals surface area contributed by atoms with Crippen LogP contribution in [-0.2, 0) is 24.8 Å². The smallest absolute Gasteiger partial charge is 0.324 e. The summed E-state index contributed by atoms with van der Waals surface area (Å²) in [5, 5.41) is 4.89. The van der Waals surface area contributed by atoms with Crippen molar-refractivity contribution in [2.24, 2.45) is 4.99 Å². The van der Waals surface area contributed by atoms with Crippen molar-refractivity contribution >= 4 is 49.2 Å². The van der Waals surface area contributed by atoms with Crippen LogP contribution in [0.25, 0.3) is 0 Å². The van der Waals surface area contributed by atoms with Gasteiger partial charge in [0.15, 0.2) is 0 Å². The molecule has 0 bridgehead atoms. The molecule has 2 aromatic rings. The van der Waals surface area contributed by atoms with E-state index in [-0.39, 0.29) is 21.2 Å². The number of hydrogen-bond donors (Lipinski definition) is 3. The van der Waals surface area contributed by atoms with Gasteiger partial charge < -0.3 is 10.6 Å². The second-order valence-corrected chi connectivity index (χ2v) is 11.3. The van der Waals surface area contributed by atoms with Crippen molar-refractivity contribution in [3.8, 4) is 0 Å². The Morgan fingerprint density at radius 1 is 1.09 bits per heavy atom. The first-order valence-electron chi connectivity index (χ1n) is 10.6. The number of carbonyl (C=O) groups is 2. The zero-order valence-electron chi connectivity index (χ0n) is 18.0. The number of nitrogens with one attached hydrogen (secondary N) is 3. The highest BCUT2D eigenvalue weighted by atomic mass is 32.2. The highest BCUT2D eigenvalue weighted by Crippen LogP contribution is 2.29. The Morgan fingerprint density at radius 2 is 1.88 bits per heavy atom. The van der Waals surface area contributed by atoms with Gasteiger partial charge >= 0.3 is 6.03 Å². The van der Waals surface area contributed by atoms with E-state index in [9.17, 15) is 26.4 Å². The van der Waals surface area contributed by atoms with Crippen molar-refractivity contribution in [1.82, 2.24) is 9.03 Å². The van der Waals surface area contributed by atoms with E-state index in [4.69, 9.17) is 0 Å². The number of amides is 3. The van der Waals surface area contributed by atoms with Crippen LogP contribution in [0.15, 0.2) is 63.3 Å². The maximum Gasteiger partial charge on any atom is 0.336 e. The van der Waals surface area contributed by atoms with Crippen LogP contribution in [-0.4, -0.2) is 52.0 Å². The molecular formula is C21H23N5O6S2. The lowest BCUT2D eigenvalue weighted by Gasteiger charge is -2.28. The fraction of sp³-hybridized carbons (Fsp3) is 0.286. The minimum absolute atomic E-state index is 0.0884. The summed E-state index contributed by atoms with van der Waals surface area (Å²) in [7, 11) is -8.15. The molecule has 0 aliphatic carbocycles. The van der Waals surface area contributed by atoms with E-state index in [0.717, 1.165) is 19.3 Å². The molecule has 3 N–H and O–H groups in total. The molecule has 11 nitrogen and oxygen atoms in total. The number of amidine groups is 1. The van der Waals surface area contributed by atoms with Crippen LogP contribution in [0.1, 0.15) is 25.7 Å². The van der Waals surface area contributed by atoms with Crippen molar-refractivity contribution < 1.29 is 26.4 Å². The van der Waals surface area contributed by atoms with Crippen LogP contribution in [0.5, 0.6) is 0 Å². The highest BCUT2D eigenvalue weighted by Gasteiger charge is 2.37. The number of anilines is 2. The fourth-order valence-corrected chi connectivity index (χ4v) is 6.17. The third-order valence-electron chi connectivity index (χ3n) is 5.27. The Morgan fingerprint density at radius 3 is 2.71 bits per heavy atom. The Hall–Kier alpha value is -3.45. The van der Waals surface area contributed by atoms with Gasteiger partial charge in [0.2, 0.25) is 5.91 Å². The van der Waals surface area contributed by atoms with E-state index in [1.165, 1.54) is 42.5 Å². The number of carbonyl (C=O) groups excluding carboxylic acids is 2. The summed E-state index contributed by atoms with van der Waals surface area (Å²) in [6.45, 7) is -0.222. The predicted octanol–water partition coefficient (Wildman–Crippen LogP) is 2.11. The molecule has 34 heavy (non-hydrogen) atoms. The van der Waals surface area contributed by atoms with Gasteiger partial charge in [0, 0.05) is 18.7 Å². The van der Waals surface area contributed by atoms with Crippen LogP contribution >= 0.6 is 0 Å². The molecule has 0 saturated carbocycles. The van der Waals surface area contributed by atoms with Crippen LogP contribution in [0, 0.1) is 0 Å². The Bertz CT molecular complexity index is 1370. The first-order chi connectivity index (χ1) is 16.2. The van der Waals surface area contributed by atoms with E-state index in [1.807, 2.05) is 0 Å². The highest BCUT2D eigenvalue weighted by molar-refractivity contribution is 7.90. The third-order valence-corrected chi connectivity index (χ3v) is 8.43. The summed E-state index contributed by atoms with van der Waals surface area (Å²) in [5.41, 5.74) is 0.263. The molecule has 2 heterocycles. The average Bonchev–Trinajstić information content (AvgIpc) is 3.05. The van der Waals surface area contributed by atoms with Crippen molar-refractivity contribution in [2.45, 2.75) is 35.5 Å². The second kappa shape index (κ2) is 9.43. The number of urea groups is 1. The number of nitrogens with zero attached hydrogens (tertiary/aromatic N) is 2. The summed E-state index contributed by atoms with van der Waals surface area (Å²) in [4.78, 5) is 28.9. The quantitative estimate of drug-likeness (QED) is 0.565. The first kappa shape index (κ1) is 23.7. The number of hydrogen-bond acceptors (Lipinski definition) is 7. The summed E-state index contributed by atoms with van der Waals surface area (Å²) in [6, 6.07) is 10.4. The van der Waals surface area contributed by atoms with Gasteiger partial charge in [0.1, 0.15) is 17.3 Å². The maximum absolute atomic E-state index is 12.8. The molecule has 2 aliphatic heterocycles. The summed E-state index contributed by atoms with van der Waals surface area (Å²) >= 11 is 0. The van der Waals surface area contributed by atoms with E-state index >= 15 is 0 Å². The topological polar surface area (TPSA) is 154 Å². The van der Waals surface area contributed by atoms with Gasteiger partial charge in [-0.1, -0.05) is 24.6 Å². The molecule has 0 fully saturated rings. The van der Waals surface area contributed by atoms with Crippen LogP contribution in [0.2, 0.25) is 0 Å². The lowest BCUT2D eigenvalue weighted by molar-refractivity contribution is -0.116. The van der Waals surface area contributed by atoms with Crippen molar-refractivity contribution in [1.29, 1.82) is 0 Å². The molecule has 0 saturated heterocycles. The SMILES string of the molecule is O=C(CN1C(=O)Nc2ccccc2S1(=O)=O)Nc1cccc(S(=O)(=O)NC2=NCCCCC2)c1. The van der Waals surface area contributed by atoms with E-state index in [0.29, 0.717) is 23.1 Å². The maximum atomic E-state index is 12.8. The molecule has 0 atom stereocenters. The first-order valence-corrected chi connectivity index (χ1v) is 13.5. The van der Waals surface area contributed by atoms with E-state index < -0.39 is 38.5 Å². The molecular weight excluding hydrogens is 482 g/mol. The number of benzene rings is 2. The largest absolute Gasteiger partial charge is 0.336 e. The minimum atomic E-state index is -4.23. The molecule has 2 aliphatic rings. The van der Waals surface area contributed by atoms with Crippen molar-refractivity contribution in [3.63, 3.8) is 0 Å². The molecule has 180 valence electrons. The lowest BCUT2D eigenvalue weighted by atomic mass is 10.2. The number of fused-ring (bicyclic) bond motifs is 1. The van der Waals surface area contributed by atoms with E-state index in [1.54, 1.807) is 6.07 Å². The molecule has 13 heteroatoms. The van der Waals surface area contributed by atoms with Crippen molar-refractivity contribution in [2.75, 3.05) is 23.7 Å². The van der Waals surface area contributed by atoms with Gasteiger partial charge in [-0.05, 0) is 43.2 Å². The number of para-hydroxylation sites is 1. The molecule has 0 spiro atoms. The summed E-state index contributed by atoms with van der Waals surface area (Å²) in [5.74, 6) is -0.415. The molecule has 0 unspecified atom stereocenters. The standard InChI is InChI=1S/C21H23N5O6S2/c27-20(14-26-21(28)24-17-9-3-4-10-18(17)34(26,31)32)23-15-7-6-8-16(13-15)33(29,30)25-19-11-2-1-5-12-22-19/h3-4,6-10,13H,1-2,5,11-12,14H2,(H,22,25)(H,23,27)(H,24,28). The fourth-order valence-electron chi connectivity index (χ4n) is 3.60. The predicted molar refractivity (Wildman–Crippen MR) is 126 cm³/mol. The second-order valence-electron chi connectivity index (χ2n) is 7.76. The monoisotopic (exact) mass is 505 g/mol. The molecule has 3 amide bonds. The summed E-state index contributed by atoms with van der Waals surface area (Å²) in [6.07, 6.45) is 3.26. The van der Waals surface area contributed by atoms with Gasteiger partial charge in [0.05, 0.1) is 10.6 Å². The van der Waals surface area contributed by atoms with Gasteiger partial charge in [0.25, 0.3) is 20.0 Å². The third kappa shape index (κ3) is 5.04. The van der Waals surface area contributed by atoms with Gasteiger partial charge in [-0.2, -0.15) is 0 Å². The Balaban J connectivity index is 1.47. The number of aliphatic imine (C=N–C) groups is 1. The van der Waals surface area contributed by atoms with Gasteiger partial charge in [-0.25, -0.2) is 25.9 Å². The van der Waals surface area contributed by atoms with Crippen molar-refractivity contribution in [3.05, 3.63) is 48.5 Å². The van der Waals surface area contributed by atoms with Crippen LogP contribution < -0.4 is 15.4 Å². The average molecular weight is 506 g/mol. The van der Waals surface area contributed by atoms with Gasteiger partial charge in [-0.15, -0.1) is 0 Å². The van der Waals surface area contributed by atoms with Gasteiger partial charge in [-0.3, -0.25) is 14.5 Å². The molecule has 2 aromatic carbocycles. The normalized spacial score (nSPS) is 17.6. The minimum Gasteiger partial charge on any atom is -0.324 e. The molecule has 4 rings (SSSR count). The molecule has 0 aromatic heterocycles. The zero-order chi connectivity index (χ0) is 24.3. The van der Waals surface area contributed by atoms with E-state index in [2.05, 4.69) is 20.3 Å². The Labute approximate surface area is 197 Å². The number of rotatable bonds is 5. The lowest BCUT2D eigenvalue weighted by Crippen LogP contribution is -2.47. The zero-order valence-corrected chi connectivity index (χ0v) is 19.7. The Kier molecular flexibility index (Phi) is 6.57. The van der Waals surface area contributed by atoms with Crippen LogP contribution in [0.3, 0.4) is 0 Å². The number of sulfonamides is 2.